The van der Waals surface area contributed by atoms with Gasteiger partial charge in [-0.2, -0.15) is 0 Å². The fraction of sp³-hybridized carbons (Fsp3) is 0.455. The summed E-state index contributed by atoms with van der Waals surface area (Å²) in [5.41, 5.74) is 3.72. The molecule has 6 heteroatoms. The van der Waals surface area contributed by atoms with Gasteiger partial charge < -0.3 is 14.5 Å². The molecular weight excluding hydrogens is 356 g/mol. The predicted octanol–water partition coefficient (Wildman–Crippen LogP) is 3.87. The second kappa shape index (κ2) is 8.19. The fourth-order valence-corrected chi connectivity index (χ4v) is 4.28. The van der Waals surface area contributed by atoms with Crippen LogP contribution in [0.4, 0.5) is 0 Å². The third-order valence-electron chi connectivity index (χ3n) is 5.58. The van der Waals surface area contributed by atoms with Gasteiger partial charge in [-0.1, -0.05) is 6.07 Å². The number of methoxy groups -OCH3 is 2. The van der Waals surface area contributed by atoms with Gasteiger partial charge in [-0.15, -0.1) is 0 Å². The summed E-state index contributed by atoms with van der Waals surface area (Å²) < 4.78 is 10.9. The largest absolute Gasteiger partial charge is 0.497 e. The Morgan fingerprint density at radius 1 is 1.21 bits per heavy atom. The Morgan fingerprint density at radius 3 is 2.57 bits per heavy atom. The highest BCUT2D eigenvalue weighted by Crippen LogP contribution is 2.38. The molecule has 1 aromatic carbocycles. The standard InChI is InChI=1S/C22H28N2O4/c1-13-21(15(3)25)14(2)23-22(13)19(26)12-24-10-6-7-18(24)17-9-8-16(27-4)11-20(17)28-5/h8-9,11,18,23H,6-7,10,12H2,1-5H3/t18-/m0/s1. The van der Waals surface area contributed by atoms with Gasteiger partial charge in [0.25, 0.3) is 0 Å². The monoisotopic (exact) mass is 384 g/mol. The number of hydrogen-bond donors (Lipinski definition) is 1. The number of carbonyl (C=O) groups is 2. The molecule has 28 heavy (non-hydrogen) atoms. The van der Waals surface area contributed by atoms with E-state index < -0.39 is 0 Å². The number of benzene rings is 1. The zero-order chi connectivity index (χ0) is 20.4. The molecule has 2 heterocycles. The maximum absolute atomic E-state index is 13.0. The molecule has 150 valence electrons. The summed E-state index contributed by atoms with van der Waals surface area (Å²) in [5.74, 6) is 1.50. The molecule has 1 fully saturated rings. The number of rotatable bonds is 7. The van der Waals surface area contributed by atoms with E-state index in [1.54, 1.807) is 14.2 Å². The van der Waals surface area contributed by atoms with Gasteiger partial charge in [0.05, 0.1) is 26.5 Å². The van der Waals surface area contributed by atoms with E-state index in [1.165, 1.54) is 6.92 Å². The first kappa shape index (κ1) is 20.1. The Kier molecular flexibility index (Phi) is 5.89. The molecule has 0 spiro atoms. The molecule has 1 atom stereocenters. The molecule has 1 aromatic heterocycles. The molecule has 1 saturated heterocycles. The molecule has 1 aliphatic heterocycles. The molecule has 0 amide bonds. The number of likely N-dealkylation sites (tertiary alicyclic amines) is 1. The normalized spacial score (nSPS) is 17.0. The minimum Gasteiger partial charge on any atom is -0.497 e. The van der Waals surface area contributed by atoms with E-state index in [0.717, 1.165) is 47.7 Å². The van der Waals surface area contributed by atoms with Crippen LogP contribution in [-0.2, 0) is 0 Å². The molecule has 3 rings (SSSR count). The van der Waals surface area contributed by atoms with Crippen molar-refractivity contribution in [1.82, 2.24) is 9.88 Å². The van der Waals surface area contributed by atoms with Crippen LogP contribution in [0.5, 0.6) is 11.5 Å². The lowest BCUT2D eigenvalue weighted by Gasteiger charge is -2.25. The van der Waals surface area contributed by atoms with Gasteiger partial charge in [0.1, 0.15) is 11.5 Å². The van der Waals surface area contributed by atoms with Crippen molar-refractivity contribution in [3.05, 3.63) is 46.3 Å². The lowest BCUT2D eigenvalue weighted by Crippen LogP contribution is -2.30. The minimum atomic E-state index is -0.0210. The van der Waals surface area contributed by atoms with Gasteiger partial charge in [-0.05, 0) is 51.8 Å². The number of carbonyl (C=O) groups excluding carboxylic acids is 2. The lowest BCUT2D eigenvalue weighted by atomic mass is 10.0. The summed E-state index contributed by atoms with van der Waals surface area (Å²) in [6.45, 7) is 6.36. The van der Waals surface area contributed by atoms with Crippen LogP contribution in [0.25, 0.3) is 0 Å². The topological polar surface area (TPSA) is 71.6 Å². The van der Waals surface area contributed by atoms with Gasteiger partial charge in [-0.3, -0.25) is 14.5 Å². The molecule has 1 N–H and O–H groups in total. The Morgan fingerprint density at radius 2 is 1.96 bits per heavy atom. The summed E-state index contributed by atoms with van der Waals surface area (Å²) in [5, 5.41) is 0. The van der Waals surface area contributed by atoms with E-state index in [-0.39, 0.29) is 17.6 Å². The molecule has 6 nitrogen and oxygen atoms in total. The first-order valence-electron chi connectivity index (χ1n) is 9.56. The third kappa shape index (κ3) is 3.69. The first-order chi connectivity index (χ1) is 13.4. The number of nitrogens with one attached hydrogen (secondary N) is 1. The number of ether oxygens (including phenoxy) is 2. The Balaban J connectivity index is 1.84. The quantitative estimate of drug-likeness (QED) is 0.734. The van der Waals surface area contributed by atoms with Crippen molar-refractivity contribution in [2.24, 2.45) is 0 Å². The highest BCUT2D eigenvalue weighted by Gasteiger charge is 2.31. The number of nitrogens with zero attached hydrogens (tertiary/aromatic N) is 1. The van der Waals surface area contributed by atoms with Crippen molar-refractivity contribution >= 4 is 11.6 Å². The van der Waals surface area contributed by atoms with E-state index in [9.17, 15) is 9.59 Å². The Hall–Kier alpha value is -2.60. The van der Waals surface area contributed by atoms with Crippen LogP contribution < -0.4 is 9.47 Å². The summed E-state index contributed by atoms with van der Waals surface area (Å²) in [4.78, 5) is 30.2. The summed E-state index contributed by atoms with van der Waals surface area (Å²) in [7, 11) is 3.28. The molecule has 2 aromatic rings. The van der Waals surface area contributed by atoms with Crippen LogP contribution in [0.15, 0.2) is 18.2 Å². The smallest absolute Gasteiger partial charge is 0.193 e. The van der Waals surface area contributed by atoms with Crippen molar-refractivity contribution in [2.75, 3.05) is 27.3 Å². The molecule has 0 saturated carbocycles. The van der Waals surface area contributed by atoms with Crippen molar-refractivity contribution < 1.29 is 19.1 Å². The summed E-state index contributed by atoms with van der Waals surface area (Å²) in [6, 6.07) is 5.94. The van der Waals surface area contributed by atoms with Crippen molar-refractivity contribution in [2.45, 2.75) is 39.7 Å². The number of aromatic amines is 1. The van der Waals surface area contributed by atoms with Crippen LogP contribution in [-0.4, -0.2) is 48.8 Å². The van der Waals surface area contributed by atoms with Gasteiger partial charge in [0, 0.05) is 28.9 Å². The van der Waals surface area contributed by atoms with E-state index in [1.807, 2.05) is 32.0 Å². The summed E-state index contributed by atoms with van der Waals surface area (Å²) in [6.07, 6.45) is 1.99. The predicted molar refractivity (Wildman–Crippen MR) is 108 cm³/mol. The van der Waals surface area contributed by atoms with Crippen molar-refractivity contribution in [1.29, 1.82) is 0 Å². The first-order valence-corrected chi connectivity index (χ1v) is 9.56. The van der Waals surface area contributed by atoms with E-state index in [0.29, 0.717) is 17.8 Å². The maximum atomic E-state index is 13.0. The van der Waals surface area contributed by atoms with Crippen LogP contribution in [0.3, 0.4) is 0 Å². The zero-order valence-electron chi connectivity index (χ0n) is 17.2. The third-order valence-corrected chi connectivity index (χ3v) is 5.58. The number of hydrogen-bond acceptors (Lipinski definition) is 5. The number of H-pyrrole nitrogens is 1. The van der Waals surface area contributed by atoms with Gasteiger partial charge in [-0.25, -0.2) is 0 Å². The van der Waals surface area contributed by atoms with E-state index in [4.69, 9.17) is 9.47 Å². The highest BCUT2D eigenvalue weighted by atomic mass is 16.5. The SMILES string of the molecule is COc1ccc([C@@H]2CCCN2CC(=O)c2[nH]c(C)c(C(C)=O)c2C)c(OC)c1. The maximum Gasteiger partial charge on any atom is 0.193 e. The molecule has 0 aliphatic carbocycles. The van der Waals surface area contributed by atoms with Gasteiger partial charge >= 0.3 is 0 Å². The second-order valence-electron chi connectivity index (χ2n) is 7.34. The van der Waals surface area contributed by atoms with Crippen LogP contribution in [0.2, 0.25) is 0 Å². The average Bonchev–Trinajstić information content (AvgIpc) is 3.24. The van der Waals surface area contributed by atoms with Crippen molar-refractivity contribution in [3.63, 3.8) is 0 Å². The minimum absolute atomic E-state index is 0.00692. The second-order valence-corrected chi connectivity index (χ2v) is 7.34. The Labute approximate surface area is 165 Å². The number of aryl methyl sites for hydroxylation is 1. The van der Waals surface area contributed by atoms with E-state index >= 15 is 0 Å². The molecular formula is C22H28N2O4. The summed E-state index contributed by atoms with van der Waals surface area (Å²) >= 11 is 0. The van der Waals surface area contributed by atoms with Crippen LogP contribution in [0, 0.1) is 13.8 Å². The zero-order valence-corrected chi connectivity index (χ0v) is 17.2. The van der Waals surface area contributed by atoms with Crippen LogP contribution in [0.1, 0.15) is 63.5 Å². The number of ketones is 2. The molecule has 0 radical (unpaired) electrons. The highest BCUT2D eigenvalue weighted by molar-refractivity contribution is 6.04. The fourth-order valence-electron chi connectivity index (χ4n) is 4.28. The van der Waals surface area contributed by atoms with E-state index in [2.05, 4.69) is 9.88 Å². The average molecular weight is 384 g/mol. The van der Waals surface area contributed by atoms with Crippen LogP contribution >= 0.6 is 0 Å². The van der Waals surface area contributed by atoms with Gasteiger partial charge in [0.15, 0.2) is 11.6 Å². The molecule has 0 unspecified atom stereocenters. The number of aromatic nitrogens is 1. The molecule has 1 aliphatic rings. The van der Waals surface area contributed by atoms with Gasteiger partial charge in [0.2, 0.25) is 0 Å². The molecule has 0 bridgehead atoms. The van der Waals surface area contributed by atoms with Crippen molar-refractivity contribution in [3.8, 4) is 11.5 Å². The Bertz CT molecular complexity index is 900. The number of Topliss-reactive ketones (excluding diaryl/α,β-unsaturated/α-hetero) is 2. The lowest BCUT2D eigenvalue weighted by molar-refractivity contribution is 0.0915.